The van der Waals surface area contributed by atoms with E-state index in [1.165, 1.54) is 65.6 Å². The average molecular weight is 473 g/mol. The summed E-state index contributed by atoms with van der Waals surface area (Å²) in [5.74, 6) is 0. The van der Waals surface area contributed by atoms with Gasteiger partial charge in [0, 0.05) is 5.56 Å². The van der Waals surface area contributed by atoms with E-state index in [1.54, 1.807) is 11.3 Å². The number of benzene rings is 4. The lowest BCUT2D eigenvalue weighted by Crippen LogP contribution is -2.55. The first kappa shape index (κ1) is 23.6. The molecule has 5 aromatic rings. The van der Waals surface area contributed by atoms with E-state index in [1.807, 2.05) is 0 Å². The summed E-state index contributed by atoms with van der Waals surface area (Å²) in [6.45, 7) is 15.8. The zero-order valence-electron chi connectivity index (χ0n) is 21.8. The molecule has 0 N–H and O–H groups in total. The van der Waals surface area contributed by atoms with Crippen molar-refractivity contribution in [3.63, 3.8) is 0 Å². The molecule has 0 amide bonds. The van der Waals surface area contributed by atoms with Gasteiger partial charge in [-0.2, -0.15) is 0 Å². The maximum atomic E-state index is 4.98. The van der Waals surface area contributed by atoms with E-state index >= 15 is 0 Å². The van der Waals surface area contributed by atoms with Crippen LogP contribution in [0.2, 0.25) is 0 Å². The fourth-order valence-corrected chi connectivity index (χ4v) is 6.84. The van der Waals surface area contributed by atoms with Gasteiger partial charge < -0.3 is 0 Å². The third kappa shape index (κ3) is 4.46. The van der Waals surface area contributed by atoms with Crippen LogP contribution < -0.4 is 16.4 Å². The summed E-state index contributed by atoms with van der Waals surface area (Å²) in [4.78, 5) is 4.98. The Hall–Kier alpha value is -3.17. The molecule has 4 aromatic carbocycles. The first-order chi connectivity index (χ1) is 16.7. The van der Waals surface area contributed by atoms with Crippen LogP contribution in [0.5, 0.6) is 0 Å². The van der Waals surface area contributed by atoms with Crippen LogP contribution in [0.4, 0.5) is 0 Å². The lowest BCUT2D eigenvalue weighted by Gasteiger charge is -2.25. The van der Waals surface area contributed by atoms with Crippen molar-refractivity contribution in [3.8, 4) is 10.6 Å². The molecular formula is C32H32BNS. The number of nitrogens with zero attached hydrogens (tertiary/aromatic N) is 1. The molecule has 0 spiro atoms. The fourth-order valence-electron chi connectivity index (χ4n) is 5.78. The largest absolute Gasteiger partial charge is 0.242 e. The molecule has 3 heteroatoms. The van der Waals surface area contributed by atoms with E-state index in [4.69, 9.17) is 4.98 Å². The maximum absolute atomic E-state index is 4.98. The molecule has 0 aliphatic carbocycles. The van der Waals surface area contributed by atoms with Crippen LogP contribution in [0.3, 0.4) is 0 Å². The molecule has 1 aromatic heterocycles. The van der Waals surface area contributed by atoms with Gasteiger partial charge in [-0.05, 0) is 66.2 Å². The number of aromatic nitrogens is 1. The number of aryl methyl sites for hydroxylation is 7. The summed E-state index contributed by atoms with van der Waals surface area (Å²) in [5.41, 5.74) is 15.8. The highest BCUT2D eigenvalue weighted by atomic mass is 32.1. The molecule has 0 atom stereocenters. The smallest absolute Gasteiger partial charge is 0.236 e. The van der Waals surface area contributed by atoms with Crippen molar-refractivity contribution in [2.24, 2.45) is 0 Å². The van der Waals surface area contributed by atoms with Crippen molar-refractivity contribution in [1.29, 1.82) is 0 Å². The molecule has 1 nitrogen and oxygen atoms in total. The van der Waals surface area contributed by atoms with Gasteiger partial charge in [-0.1, -0.05) is 104 Å². The Morgan fingerprint density at radius 1 is 0.600 bits per heavy atom. The van der Waals surface area contributed by atoms with E-state index in [2.05, 4.69) is 115 Å². The Balaban J connectivity index is 1.74. The highest BCUT2D eigenvalue weighted by molar-refractivity contribution is 7.21. The predicted octanol–water partition coefficient (Wildman–Crippen LogP) is 6.64. The van der Waals surface area contributed by atoms with Gasteiger partial charge in [0.25, 0.3) is 0 Å². The van der Waals surface area contributed by atoms with Crippen LogP contribution in [0.1, 0.15) is 38.9 Å². The monoisotopic (exact) mass is 473 g/mol. The normalized spacial score (nSPS) is 11.3. The van der Waals surface area contributed by atoms with Gasteiger partial charge in [-0.15, -0.1) is 11.3 Å². The van der Waals surface area contributed by atoms with Gasteiger partial charge in [-0.25, -0.2) is 4.98 Å². The molecule has 0 saturated heterocycles. The molecular weight excluding hydrogens is 441 g/mol. The zero-order valence-corrected chi connectivity index (χ0v) is 22.6. The van der Waals surface area contributed by atoms with Crippen LogP contribution in [0.25, 0.3) is 20.8 Å². The molecule has 0 bridgehead atoms. The topological polar surface area (TPSA) is 12.9 Å². The number of hydrogen-bond donors (Lipinski definition) is 0. The SMILES string of the molecule is Cc1cc(C)c(B(c2cccc(-c3nc4ccc(C)cc4s3)c2)c2c(C)cc(C)cc2C)c(C)c1. The first-order valence-corrected chi connectivity index (χ1v) is 13.2. The second-order valence-electron chi connectivity index (χ2n) is 10.2. The molecule has 174 valence electrons. The average Bonchev–Trinajstić information content (AvgIpc) is 3.20. The van der Waals surface area contributed by atoms with E-state index in [0.29, 0.717) is 0 Å². The van der Waals surface area contributed by atoms with Gasteiger partial charge in [0.05, 0.1) is 10.2 Å². The summed E-state index contributed by atoms with van der Waals surface area (Å²) in [6, 6.07) is 24.9. The Labute approximate surface area is 214 Å². The number of hydrogen-bond acceptors (Lipinski definition) is 2. The second kappa shape index (κ2) is 9.13. The van der Waals surface area contributed by atoms with Crippen molar-refractivity contribution < 1.29 is 0 Å². The molecule has 0 unspecified atom stereocenters. The third-order valence-electron chi connectivity index (χ3n) is 7.06. The summed E-state index contributed by atoms with van der Waals surface area (Å²) >= 11 is 1.78. The van der Waals surface area contributed by atoms with Crippen molar-refractivity contribution in [3.05, 3.63) is 106 Å². The minimum atomic E-state index is 0.174. The van der Waals surface area contributed by atoms with E-state index < -0.39 is 0 Å². The predicted molar refractivity (Wildman–Crippen MR) is 156 cm³/mol. The molecule has 0 saturated carbocycles. The fraction of sp³-hybridized carbons (Fsp3) is 0.219. The second-order valence-corrected chi connectivity index (χ2v) is 11.2. The Kier molecular flexibility index (Phi) is 6.15. The van der Waals surface area contributed by atoms with Gasteiger partial charge in [0.1, 0.15) is 5.01 Å². The summed E-state index contributed by atoms with van der Waals surface area (Å²) in [7, 11) is 0. The lowest BCUT2D eigenvalue weighted by atomic mass is 9.34. The van der Waals surface area contributed by atoms with E-state index in [9.17, 15) is 0 Å². The maximum Gasteiger partial charge on any atom is 0.242 e. The quantitative estimate of drug-likeness (QED) is 0.267. The number of rotatable bonds is 4. The molecule has 1 heterocycles. The molecule has 0 radical (unpaired) electrons. The lowest BCUT2D eigenvalue weighted by molar-refractivity contribution is 1.34. The Bertz CT molecular complexity index is 1470. The minimum absolute atomic E-state index is 0.174. The summed E-state index contributed by atoms with van der Waals surface area (Å²) < 4.78 is 1.25. The molecule has 0 aliphatic rings. The van der Waals surface area contributed by atoms with Crippen LogP contribution in [-0.2, 0) is 0 Å². The van der Waals surface area contributed by atoms with E-state index in [-0.39, 0.29) is 6.71 Å². The van der Waals surface area contributed by atoms with Crippen LogP contribution in [0.15, 0.2) is 66.7 Å². The first-order valence-electron chi connectivity index (χ1n) is 12.3. The van der Waals surface area contributed by atoms with Gasteiger partial charge in [-0.3, -0.25) is 0 Å². The Morgan fingerprint density at radius 2 is 1.17 bits per heavy atom. The van der Waals surface area contributed by atoms with Crippen LogP contribution >= 0.6 is 11.3 Å². The van der Waals surface area contributed by atoms with Gasteiger partial charge in [0.15, 0.2) is 0 Å². The molecule has 35 heavy (non-hydrogen) atoms. The summed E-state index contributed by atoms with van der Waals surface area (Å²) in [5, 5.41) is 1.08. The van der Waals surface area contributed by atoms with Crippen molar-refractivity contribution >= 4 is 44.7 Å². The van der Waals surface area contributed by atoms with Crippen molar-refractivity contribution in [2.45, 2.75) is 48.5 Å². The highest BCUT2D eigenvalue weighted by Crippen LogP contribution is 2.30. The van der Waals surface area contributed by atoms with Gasteiger partial charge in [0.2, 0.25) is 6.71 Å². The van der Waals surface area contributed by atoms with Crippen molar-refractivity contribution in [2.75, 3.05) is 0 Å². The highest BCUT2D eigenvalue weighted by Gasteiger charge is 2.28. The van der Waals surface area contributed by atoms with Gasteiger partial charge >= 0.3 is 0 Å². The molecule has 5 rings (SSSR count). The number of thiazole rings is 1. The third-order valence-corrected chi connectivity index (χ3v) is 8.13. The van der Waals surface area contributed by atoms with E-state index in [0.717, 1.165) is 10.5 Å². The standard InChI is InChI=1S/C32H32BNS/c1-19-11-12-28-29(17-19)35-32(34-28)26-9-8-10-27(18-26)33(30-22(4)13-20(2)14-23(30)5)31-24(6)15-21(3)16-25(31)7/h8-18H,1-7H3. The minimum Gasteiger partial charge on any atom is -0.236 e. The Morgan fingerprint density at radius 3 is 1.74 bits per heavy atom. The van der Waals surface area contributed by atoms with Crippen molar-refractivity contribution in [1.82, 2.24) is 4.98 Å². The van der Waals surface area contributed by atoms with Crippen LogP contribution in [0, 0.1) is 48.5 Å². The zero-order chi connectivity index (χ0) is 24.9. The van der Waals surface area contributed by atoms with Crippen LogP contribution in [-0.4, -0.2) is 11.7 Å². The number of fused-ring (bicyclic) bond motifs is 1. The molecule has 0 fully saturated rings. The summed E-state index contributed by atoms with van der Waals surface area (Å²) in [6.07, 6.45) is 0. The molecule has 0 aliphatic heterocycles.